The predicted molar refractivity (Wildman–Crippen MR) is 66.8 cm³/mol. The topological polar surface area (TPSA) is 17.1 Å². The van der Waals surface area contributed by atoms with Crippen LogP contribution in [-0.4, -0.2) is 5.78 Å². The number of allylic oxidation sites excluding steroid dienone is 2. The molecule has 0 bridgehead atoms. The highest BCUT2D eigenvalue weighted by Gasteiger charge is 2.22. The van der Waals surface area contributed by atoms with Gasteiger partial charge in [-0.3, -0.25) is 4.79 Å². The minimum absolute atomic E-state index is 0.257. The van der Waals surface area contributed by atoms with Crippen LogP contribution in [0.15, 0.2) is 29.8 Å². The number of rotatable bonds is 2. The molecule has 0 heterocycles. The van der Waals surface area contributed by atoms with Crippen molar-refractivity contribution in [3.8, 4) is 0 Å². The molecule has 0 aliphatic heterocycles. The Hall–Kier alpha value is -1.37. The van der Waals surface area contributed by atoms with Gasteiger partial charge >= 0.3 is 0 Å². The van der Waals surface area contributed by atoms with Crippen molar-refractivity contribution in [2.24, 2.45) is 0 Å². The molecule has 16 heavy (non-hydrogen) atoms. The average molecular weight is 214 g/mol. The number of hydrogen-bond acceptors (Lipinski definition) is 1. The minimum Gasteiger partial charge on any atom is -0.289 e. The largest absolute Gasteiger partial charge is 0.289 e. The van der Waals surface area contributed by atoms with Crippen LogP contribution < -0.4 is 0 Å². The van der Waals surface area contributed by atoms with Gasteiger partial charge in [-0.2, -0.15) is 0 Å². The van der Waals surface area contributed by atoms with Crippen LogP contribution in [0.5, 0.6) is 0 Å². The summed E-state index contributed by atoms with van der Waals surface area (Å²) in [6.45, 7) is 4.17. The molecule has 1 aliphatic carbocycles. The van der Waals surface area contributed by atoms with E-state index in [2.05, 4.69) is 19.1 Å². The van der Waals surface area contributed by atoms with E-state index in [-0.39, 0.29) is 5.78 Å². The maximum atomic E-state index is 12.3. The maximum Gasteiger partial charge on any atom is 0.189 e. The van der Waals surface area contributed by atoms with Crippen molar-refractivity contribution in [3.63, 3.8) is 0 Å². The van der Waals surface area contributed by atoms with E-state index >= 15 is 0 Å². The van der Waals surface area contributed by atoms with Gasteiger partial charge in [0.05, 0.1) is 0 Å². The number of fused-ring (bicyclic) bond motifs is 1. The third-order valence-corrected chi connectivity index (χ3v) is 3.22. The fourth-order valence-electron chi connectivity index (χ4n) is 2.32. The number of unbranched alkanes of at least 4 members (excludes halogenated alkanes) is 1. The van der Waals surface area contributed by atoms with Crippen LogP contribution in [0.2, 0.25) is 0 Å². The zero-order valence-electron chi connectivity index (χ0n) is 10.0. The van der Waals surface area contributed by atoms with Crippen molar-refractivity contribution in [2.45, 2.75) is 39.5 Å². The molecule has 0 radical (unpaired) electrons. The van der Waals surface area contributed by atoms with Gasteiger partial charge in [0, 0.05) is 5.56 Å². The summed E-state index contributed by atoms with van der Waals surface area (Å²) in [6.07, 6.45) is 6.17. The molecule has 1 aromatic carbocycles. The van der Waals surface area contributed by atoms with Gasteiger partial charge in [0.1, 0.15) is 0 Å². The zero-order chi connectivity index (χ0) is 11.5. The summed E-state index contributed by atoms with van der Waals surface area (Å²) >= 11 is 0. The van der Waals surface area contributed by atoms with E-state index in [1.54, 1.807) is 0 Å². The zero-order valence-corrected chi connectivity index (χ0v) is 10.0. The molecule has 0 atom stereocenters. The van der Waals surface area contributed by atoms with Crippen molar-refractivity contribution in [1.82, 2.24) is 0 Å². The molecule has 1 nitrogen and oxygen atoms in total. The Kier molecular flexibility index (Phi) is 3.23. The van der Waals surface area contributed by atoms with E-state index in [1.165, 1.54) is 5.56 Å². The first-order valence-electron chi connectivity index (χ1n) is 6.06. The minimum atomic E-state index is 0.257. The highest BCUT2D eigenvalue weighted by molar-refractivity contribution is 6.11. The number of benzene rings is 1. The summed E-state index contributed by atoms with van der Waals surface area (Å²) in [5.74, 6) is 0.257. The van der Waals surface area contributed by atoms with E-state index < -0.39 is 0 Å². The van der Waals surface area contributed by atoms with E-state index in [0.29, 0.717) is 0 Å². The van der Waals surface area contributed by atoms with Gasteiger partial charge in [0.15, 0.2) is 5.78 Å². The van der Waals surface area contributed by atoms with Crippen molar-refractivity contribution in [1.29, 1.82) is 0 Å². The number of carbonyl (C=O) groups excluding carboxylic acids is 1. The average Bonchev–Trinajstić information content (AvgIpc) is 2.28. The van der Waals surface area contributed by atoms with Gasteiger partial charge in [-0.1, -0.05) is 37.6 Å². The second-order valence-corrected chi connectivity index (χ2v) is 4.46. The molecule has 84 valence electrons. The Bertz CT molecular complexity index is 441. The molecular weight excluding hydrogens is 196 g/mol. The second-order valence-electron chi connectivity index (χ2n) is 4.46. The summed E-state index contributed by atoms with van der Waals surface area (Å²) in [6, 6.07) is 6.15. The lowest BCUT2D eigenvalue weighted by molar-refractivity contribution is 0.102. The van der Waals surface area contributed by atoms with Gasteiger partial charge in [-0.15, -0.1) is 0 Å². The Morgan fingerprint density at radius 2 is 2.12 bits per heavy atom. The quantitative estimate of drug-likeness (QED) is 0.683. The van der Waals surface area contributed by atoms with Crippen LogP contribution in [0.3, 0.4) is 0 Å². The molecule has 1 aliphatic rings. The molecule has 1 aromatic rings. The third-order valence-electron chi connectivity index (χ3n) is 3.22. The van der Waals surface area contributed by atoms with Crippen molar-refractivity contribution >= 4 is 5.78 Å². The van der Waals surface area contributed by atoms with Crippen LogP contribution in [-0.2, 0) is 6.42 Å². The van der Waals surface area contributed by atoms with Crippen LogP contribution in [0.1, 0.15) is 47.7 Å². The van der Waals surface area contributed by atoms with Gasteiger partial charge in [-0.25, -0.2) is 0 Å². The predicted octanol–water partition coefficient (Wildman–Crippen LogP) is 3.85. The molecule has 0 saturated heterocycles. The van der Waals surface area contributed by atoms with Crippen LogP contribution in [0, 0.1) is 6.92 Å². The lowest BCUT2D eigenvalue weighted by atomic mass is 9.84. The van der Waals surface area contributed by atoms with Gasteiger partial charge < -0.3 is 0 Å². The summed E-state index contributed by atoms with van der Waals surface area (Å²) in [7, 11) is 0. The van der Waals surface area contributed by atoms with Gasteiger partial charge in [0.25, 0.3) is 0 Å². The fourth-order valence-corrected chi connectivity index (χ4v) is 2.32. The molecule has 0 saturated carbocycles. The lowest BCUT2D eigenvalue weighted by Gasteiger charge is -2.19. The van der Waals surface area contributed by atoms with Crippen LogP contribution >= 0.6 is 0 Å². The molecule has 1 heteroatoms. The van der Waals surface area contributed by atoms with Gasteiger partial charge in [-0.05, 0) is 42.9 Å². The van der Waals surface area contributed by atoms with Crippen LogP contribution in [0.4, 0.5) is 0 Å². The van der Waals surface area contributed by atoms with E-state index in [0.717, 1.165) is 42.4 Å². The van der Waals surface area contributed by atoms with E-state index in [4.69, 9.17) is 0 Å². The molecule has 0 spiro atoms. The molecule has 0 unspecified atom stereocenters. The fraction of sp³-hybridized carbons (Fsp3) is 0.400. The van der Waals surface area contributed by atoms with E-state index in [9.17, 15) is 4.79 Å². The molecular formula is C15H18O. The molecule has 0 fully saturated rings. The maximum absolute atomic E-state index is 12.3. The third kappa shape index (κ3) is 1.95. The van der Waals surface area contributed by atoms with Crippen molar-refractivity contribution in [3.05, 3.63) is 46.5 Å². The number of ketones is 1. The molecule has 2 rings (SSSR count). The Morgan fingerprint density at radius 1 is 1.31 bits per heavy atom. The Balaban J connectivity index is 2.38. The highest BCUT2D eigenvalue weighted by atomic mass is 16.1. The Morgan fingerprint density at radius 3 is 2.88 bits per heavy atom. The monoisotopic (exact) mass is 214 g/mol. The van der Waals surface area contributed by atoms with Crippen molar-refractivity contribution in [2.75, 3.05) is 0 Å². The SMILES string of the molecule is CCC/C=C1\CCc2cccc(C)c2C1=O. The molecule has 0 aromatic heterocycles. The summed E-state index contributed by atoms with van der Waals surface area (Å²) in [5, 5.41) is 0. The summed E-state index contributed by atoms with van der Waals surface area (Å²) in [5.41, 5.74) is 4.31. The highest BCUT2D eigenvalue weighted by Crippen LogP contribution is 2.27. The number of hydrogen-bond donors (Lipinski definition) is 0. The Labute approximate surface area is 97.2 Å². The summed E-state index contributed by atoms with van der Waals surface area (Å²) in [4.78, 5) is 12.3. The standard InChI is InChI=1S/C15H18O/c1-3-4-7-13-10-9-12-8-5-6-11(2)14(12)15(13)16/h5-8H,3-4,9-10H2,1-2H3/b13-7+. The van der Waals surface area contributed by atoms with E-state index in [1.807, 2.05) is 19.1 Å². The normalized spacial score (nSPS) is 17.6. The first-order valence-corrected chi connectivity index (χ1v) is 6.06. The van der Waals surface area contributed by atoms with Crippen molar-refractivity contribution < 1.29 is 4.79 Å². The lowest BCUT2D eigenvalue weighted by Crippen LogP contribution is -2.15. The number of carbonyl (C=O) groups is 1. The smallest absolute Gasteiger partial charge is 0.189 e. The first kappa shape index (κ1) is 11.1. The molecule has 0 N–H and O–H groups in total. The first-order chi connectivity index (χ1) is 7.74. The number of aryl methyl sites for hydroxylation is 2. The van der Waals surface area contributed by atoms with Crippen LogP contribution in [0.25, 0.3) is 0 Å². The number of Topliss-reactive ketones (excluding diaryl/α,β-unsaturated/α-hetero) is 1. The molecule has 0 amide bonds. The van der Waals surface area contributed by atoms with Gasteiger partial charge in [0.2, 0.25) is 0 Å². The second kappa shape index (κ2) is 4.65. The summed E-state index contributed by atoms with van der Waals surface area (Å²) < 4.78 is 0.